The number of carbonyl (C=O) groups is 1. The SMILES string of the molecule is CC(=O)Nc1ccc(Br)c(CN)c1. The largest absolute Gasteiger partial charge is 0.326 e. The first-order valence-corrected chi connectivity index (χ1v) is 4.69. The normalized spacial score (nSPS) is 9.77. The van der Waals surface area contributed by atoms with E-state index in [0.29, 0.717) is 6.54 Å². The maximum atomic E-state index is 10.7. The Balaban J connectivity index is 2.92. The maximum Gasteiger partial charge on any atom is 0.221 e. The van der Waals surface area contributed by atoms with Gasteiger partial charge in [0.1, 0.15) is 0 Å². The molecule has 0 aliphatic heterocycles. The fourth-order valence-electron chi connectivity index (χ4n) is 1.01. The van der Waals surface area contributed by atoms with Gasteiger partial charge in [0.05, 0.1) is 0 Å². The van der Waals surface area contributed by atoms with Crippen molar-refractivity contribution in [2.24, 2.45) is 5.73 Å². The minimum Gasteiger partial charge on any atom is -0.326 e. The molecule has 1 aromatic carbocycles. The highest BCUT2D eigenvalue weighted by Gasteiger charge is 2.00. The van der Waals surface area contributed by atoms with E-state index >= 15 is 0 Å². The Kier molecular flexibility index (Phi) is 3.45. The summed E-state index contributed by atoms with van der Waals surface area (Å²) in [6, 6.07) is 5.55. The lowest BCUT2D eigenvalue weighted by molar-refractivity contribution is -0.114. The molecule has 3 nitrogen and oxygen atoms in total. The van der Waals surface area contributed by atoms with Gasteiger partial charge in [-0.2, -0.15) is 0 Å². The predicted molar refractivity (Wildman–Crippen MR) is 56.3 cm³/mol. The van der Waals surface area contributed by atoms with E-state index in [9.17, 15) is 4.79 Å². The molecule has 1 aromatic rings. The molecule has 70 valence electrons. The van der Waals surface area contributed by atoms with E-state index in [2.05, 4.69) is 21.2 Å². The summed E-state index contributed by atoms with van der Waals surface area (Å²) in [5, 5.41) is 2.69. The molecule has 0 radical (unpaired) electrons. The van der Waals surface area contributed by atoms with Gasteiger partial charge >= 0.3 is 0 Å². The first kappa shape index (κ1) is 10.2. The highest BCUT2D eigenvalue weighted by Crippen LogP contribution is 2.20. The number of nitrogens with two attached hydrogens (primary N) is 1. The number of benzene rings is 1. The van der Waals surface area contributed by atoms with Gasteiger partial charge in [0.25, 0.3) is 0 Å². The van der Waals surface area contributed by atoms with Gasteiger partial charge < -0.3 is 11.1 Å². The zero-order valence-electron chi connectivity index (χ0n) is 7.30. The minimum absolute atomic E-state index is 0.0784. The van der Waals surface area contributed by atoms with E-state index < -0.39 is 0 Å². The number of nitrogens with one attached hydrogen (secondary N) is 1. The first-order chi connectivity index (χ1) is 6.13. The average Bonchev–Trinajstić information content (AvgIpc) is 2.07. The molecule has 13 heavy (non-hydrogen) atoms. The van der Waals surface area contributed by atoms with E-state index in [1.807, 2.05) is 18.2 Å². The molecule has 0 unspecified atom stereocenters. The third kappa shape index (κ3) is 2.82. The number of hydrogen-bond donors (Lipinski definition) is 2. The van der Waals surface area contributed by atoms with Crippen molar-refractivity contribution in [1.29, 1.82) is 0 Å². The van der Waals surface area contributed by atoms with Crippen LogP contribution in [0.15, 0.2) is 22.7 Å². The third-order valence-electron chi connectivity index (χ3n) is 1.59. The fraction of sp³-hybridized carbons (Fsp3) is 0.222. The smallest absolute Gasteiger partial charge is 0.221 e. The molecule has 3 N–H and O–H groups in total. The molecule has 0 saturated carbocycles. The molecule has 1 amide bonds. The molecule has 0 aliphatic carbocycles. The Morgan fingerprint density at radius 1 is 1.62 bits per heavy atom. The summed E-state index contributed by atoms with van der Waals surface area (Å²) in [5.74, 6) is -0.0784. The number of carbonyl (C=O) groups excluding carboxylic acids is 1. The van der Waals surface area contributed by atoms with E-state index in [4.69, 9.17) is 5.73 Å². The van der Waals surface area contributed by atoms with Gasteiger partial charge in [-0.1, -0.05) is 15.9 Å². The summed E-state index contributed by atoms with van der Waals surface area (Å²) >= 11 is 3.36. The van der Waals surface area contributed by atoms with Crippen LogP contribution in [0, 0.1) is 0 Å². The lowest BCUT2D eigenvalue weighted by atomic mass is 10.2. The van der Waals surface area contributed by atoms with E-state index in [-0.39, 0.29) is 5.91 Å². The van der Waals surface area contributed by atoms with Crippen molar-refractivity contribution in [2.45, 2.75) is 13.5 Å². The van der Waals surface area contributed by atoms with Crippen molar-refractivity contribution >= 4 is 27.5 Å². The van der Waals surface area contributed by atoms with Crippen LogP contribution in [-0.4, -0.2) is 5.91 Å². The molecule has 0 saturated heterocycles. The topological polar surface area (TPSA) is 55.1 Å². The van der Waals surface area contributed by atoms with Gasteiger partial charge in [-0.05, 0) is 23.8 Å². The van der Waals surface area contributed by atoms with Crippen LogP contribution >= 0.6 is 15.9 Å². The quantitative estimate of drug-likeness (QED) is 0.832. The predicted octanol–water partition coefficient (Wildman–Crippen LogP) is 1.87. The van der Waals surface area contributed by atoms with Crippen LogP contribution < -0.4 is 11.1 Å². The summed E-state index contributed by atoms with van der Waals surface area (Å²) in [5.41, 5.74) is 7.26. The van der Waals surface area contributed by atoms with Gasteiger partial charge in [-0.25, -0.2) is 0 Å². The summed E-state index contributed by atoms with van der Waals surface area (Å²) in [6.45, 7) is 1.93. The second kappa shape index (κ2) is 4.39. The van der Waals surface area contributed by atoms with Crippen molar-refractivity contribution < 1.29 is 4.79 Å². The minimum atomic E-state index is -0.0784. The molecule has 0 heterocycles. The van der Waals surface area contributed by atoms with Crippen molar-refractivity contribution in [3.05, 3.63) is 28.2 Å². The molecule has 4 heteroatoms. The Morgan fingerprint density at radius 3 is 2.85 bits per heavy atom. The number of amides is 1. The molecule has 0 fully saturated rings. The lowest BCUT2D eigenvalue weighted by Gasteiger charge is -2.05. The van der Waals surface area contributed by atoms with Gasteiger partial charge in [0, 0.05) is 23.6 Å². The Morgan fingerprint density at radius 2 is 2.31 bits per heavy atom. The average molecular weight is 243 g/mol. The fourth-order valence-corrected chi connectivity index (χ4v) is 1.42. The molecular formula is C9H11BrN2O. The zero-order valence-corrected chi connectivity index (χ0v) is 8.89. The number of hydrogen-bond acceptors (Lipinski definition) is 2. The Hall–Kier alpha value is -0.870. The van der Waals surface area contributed by atoms with Crippen LogP contribution in [0.5, 0.6) is 0 Å². The third-order valence-corrected chi connectivity index (χ3v) is 2.36. The molecular weight excluding hydrogens is 232 g/mol. The van der Waals surface area contributed by atoms with Crippen molar-refractivity contribution in [3.63, 3.8) is 0 Å². The maximum absolute atomic E-state index is 10.7. The summed E-state index contributed by atoms with van der Waals surface area (Å²) in [6.07, 6.45) is 0. The molecule has 1 rings (SSSR count). The van der Waals surface area contributed by atoms with Crippen LogP contribution in [0.4, 0.5) is 5.69 Å². The van der Waals surface area contributed by atoms with Crippen LogP contribution in [0.1, 0.15) is 12.5 Å². The molecule has 0 atom stereocenters. The molecule has 0 bridgehead atoms. The number of rotatable bonds is 2. The molecule has 0 aromatic heterocycles. The second-order valence-corrected chi connectivity index (χ2v) is 3.55. The van der Waals surface area contributed by atoms with E-state index in [0.717, 1.165) is 15.7 Å². The standard InChI is InChI=1S/C9H11BrN2O/c1-6(13)12-8-2-3-9(10)7(4-8)5-11/h2-4H,5,11H2,1H3,(H,12,13). The van der Waals surface area contributed by atoms with E-state index in [1.54, 1.807) is 0 Å². The Bertz CT molecular complexity index is 325. The summed E-state index contributed by atoms with van der Waals surface area (Å²) in [4.78, 5) is 10.7. The van der Waals surface area contributed by atoms with Crippen LogP contribution in [0.3, 0.4) is 0 Å². The van der Waals surface area contributed by atoms with Gasteiger partial charge in [-0.15, -0.1) is 0 Å². The number of anilines is 1. The lowest BCUT2D eigenvalue weighted by Crippen LogP contribution is -2.07. The monoisotopic (exact) mass is 242 g/mol. The van der Waals surface area contributed by atoms with Gasteiger partial charge in [-0.3, -0.25) is 4.79 Å². The zero-order chi connectivity index (χ0) is 9.84. The highest BCUT2D eigenvalue weighted by molar-refractivity contribution is 9.10. The van der Waals surface area contributed by atoms with Crippen molar-refractivity contribution in [1.82, 2.24) is 0 Å². The van der Waals surface area contributed by atoms with Gasteiger partial charge in [0.2, 0.25) is 5.91 Å². The summed E-state index contributed by atoms with van der Waals surface area (Å²) < 4.78 is 0.962. The second-order valence-electron chi connectivity index (χ2n) is 2.69. The highest BCUT2D eigenvalue weighted by atomic mass is 79.9. The number of halogens is 1. The molecule has 0 spiro atoms. The summed E-state index contributed by atoms with van der Waals surface area (Å²) in [7, 11) is 0. The first-order valence-electron chi connectivity index (χ1n) is 3.89. The Labute approximate surface area is 85.4 Å². The van der Waals surface area contributed by atoms with Crippen molar-refractivity contribution in [2.75, 3.05) is 5.32 Å². The van der Waals surface area contributed by atoms with Crippen molar-refractivity contribution in [3.8, 4) is 0 Å². The van der Waals surface area contributed by atoms with Crippen LogP contribution in [-0.2, 0) is 11.3 Å². The van der Waals surface area contributed by atoms with Crippen LogP contribution in [0.25, 0.3) is 0 Å². The van der Waals surface area contributed by atoms with Gasteiger partial charge in [0.15, 0.2) is 0 Å². The van der Waals surface area contributed by atoms with Crippen LogP contribution in [0.2, 0.25) is 0 Å². The molecule has 0 aliphatic rings. The van der Waals surface area contributed by atoms with E-state index in [1.165, 1.54) is 6.92 Å².